The van der Waals surface area contributed by atoms with Crippen LogP contribution in [0.25, 0.3) is 0 Å². The Hall–Kier alpha value is -1.36. The van der Waals surface area contributed by atoms with Crippen LogP contribution in [-0.2, 0) is 9.59 Å². The Labute approximate surface area is 88.5 Å². The Bertz CT molecular complexity index is 299. The Morgan fingerprint density at radius 1 is 1.67 bits per heavy atom. The van der Waals surface area contributed by atoms with Gasteiger partial charge in [-0.25, -0.2) is 0 Å². The van der Waals surface area contributed by atoms with E-state index in [4.69, 9.17) is 10.8 Å². The quantitative estimate of drug-likeness (QED) is 0.643. The van der Waals surface area contributed by atoms with E-state index in [0.717, 1.165) is 0 Å². The molecule has 0 radical (unpaired) electrons. The fourth-order valence-corrected chi connectivity index (χ4v) is 1.58. The molecule has 0 aromatic heterocycles. The Kier molecular flexibility index (Phi) is 3.85. The molecule has 1 unspecified atom stereocenters. The fraction of sp³-hybridized carbons (Fsp3) is 0.600. The van der Waals surface area contributed by atoms with Gasteiger partial charge < -0.3 is 15.7 Å². The van der Waals surface area contributed by atoms with Crippen molar-refractivity contribution >= 4 is 11.9 Å². The molecule has 84 valence electrons. The van der Waals surface area contributed by atoms with Crippen molar-refractivity contribution in [2.75, 3.05) is 13.1 Å². The first-order chi connectivity index (χ1) is 7.06. The minimum atomic E-state index is -1.02. The lowest BCUT2D eigenvalue weighted by molar-refractivity contribution is -0.137. The first-order valence-electron chi connectivity index (χ1n) is 5.01. The maximum absolute atomic E-state index is 11.3. The third-order valence-corrected chi connectivity index (χ3v) is 2.56. The van der Waals surface area contributed by atoms with Crippen molar-refractivity contribution in [2.45, 2.75) is 25.8 Å². The van der Waals surface area contributed by atoms with Crippen LogP contribution in [0.15, 0.2) is 11.6 Å². The number of hydrogen-bond acceptors (Lipinski definition) is 3. The predicted octanol–water partition coefficient (Wildman–Crippen LogP) is -0.0330. The van der Waals surface area contributed by atoms with E-state index in [9.17, 15) is 9.59 Å². The first kappa shape index (κ1) is 11.7. The van der Waals surface area contributed by atoms with Crippen LogP contribution in [0, 0.1) is 0 Å². The van der Waals surface area contributed by atoms with Crippen LogP contribution >= 0.6 is 0 Å². The number of rotatable bonds is 3. The smallest absolute Gasteiger partial charge is 0.324 e. The lowest BCUT2D eigenvalue weighted by Gasteiger charge is -2.27. The van der Waals surface area contributed by atoms with Gasteiger partial charge in [-0.1, -0.05) is 13.0 Å². The summed E-state index contributed by atoms with van der Waals surface area (Å²) in [5.41, 5.74) is 6.18. The van der Waals surface area contributed by atoms with E-state index in [-0.39, 0.29) is 5.91 Å². The highest BCUT2D eigenvalue weighted by atomic mass is 16.4. The zero-order chi connectivity index (χ0) is 11.4. The largest absolute Gasteiger partial charge is 0.480 e. The molecule has 0 aliphatic carbocycles. The zero-order valence-electron chi connectivity index (χ0n) is 8.77. The lowest BCUT2D eigenvalue weighted by atomic mass is 10.0. The highest BCUT2D eigenvalue weighted by molar-refractivity contribution is 5.78. The summed E-state index contributed by atoms with van der Waals surface area (Å²) >= 11 is 0. The topological polar surface area (TPSA) is 83.6 Å². The summed E-state index contributed by atoms with van der Waals surface area (Å²) in [7, 11) is 0. The van der Waals surface area contributed by atoms with E-state index in [1.165, 1.54) is 0 Å². The van der Waals surface area contributed by atoms with Gasteiger partial charge >= 0.3 is 5.97 Å². The van der Waals surface area contributed by atoms with E-state index in [1.54, 1.807) is 11.0 Å². The number of nitrogens with zero attached hydrogens (tertiary/aromatic N) is 1. The van der Waals surface area contributed by atoms with E-state index in [1.807, 2.05) is 6.92 Å². The zero-order valence-corrected chi connectivity index (χ0v) is 8.77. The second kappa shape index (κ2) is 4.93. The Morgan fingerprint density at radius 2 is 2.33 bits per heavy atom. The molecule has 0 aromatic rings. The summed E-state index contributed by atoms with van der Waals surface area (Å²) < 4.78 is 0. The Morgan fingerprint density at radius 3 is 2.73 bits per heavy atom. The van der Waals surface area contributed by atoms with E-state index in [0.29, 0.717) is 31.5 Å². The molecule has 1 rings (SSSR count). The molecule has 0 saturated carbocycles. The minimum absolute atomic E-state index is 0.0918. The van der Waals surface area contributed by atoms with Gasteiger partial charge in [0.15, 0.2) is 0 Å². The lowest BCUT2D eigenvalue weighted by Crippen LogP contribution is -2.40. The SMILES string of the molecule is CCC(=O)N1CC=C(C(N)C(=O)O)CC1. The standard InChI is InChI=1S/C10H16N2O3/c1-2-8(13)12-5-3-7(4-6-12)9(11)10(14)15/h3,9H,2,4-6,11H2,1H3,(H,14,15). The molecular weight excluding hydrogens is 196 g/mol. The number of nitrogens with two attached hydrogens (primary N) is 1. The highest BCUT2D eigenvalue weighted by Crippen LogP contribution is 2.14. The molecule has 0 spiro atoms. The predicted molar refractivity (Wildman–Crippen MR) is 55.2 cm³/mol. The van der Waals surface area contributed by atoms with Crippen molar-refractivity contribution in [3.63, 3.8) is 0 Å². The number of carboxylic acids is 1. The van der Waals surface area contributed by atoms with Crippen molar-refractivity contribution in [2.24, 2.45) is 5.73 Å². The van der Waals surface area contributed by atoms with E-state index < -0.39 is 12.0 Å². The van der Waals surface area contributed by atoms with Crippen molar-refractivity contribution < 1.29 is 14.7 Å². The molecule has 15 heavy (non-hydrogen) atoms. The van der Waals surface area contributed by atoms with Gasteiger partial charge in [0.1, 0.15) is 6.04 Å². The third kappa shape index (κ3) is 2.79. The highest BCUT2D eigenvalue weighted by Gasteiger charge is 2.22. The molecule has 1 aliphatic rings. The fourth-order valence-electron chi connectivity index (χ4n) is 1.58. The van der Waals surface area contributed by atoms with Crippen molar-refractivity contribution in [1.29, 1.82) is 0 Å². The van der Waals surface area contributed by atoms with Crippen molar-refractivity contribution in [3.05, 3.63) is 11.6 Å². The second-order valence-corrected chi connectivity index (χ2v) is 3.54. The Balaban J connectivity index is 2.59. The van der Waals surface area contributed by atoms with Crippen molar-refractivity contribution in [1.82, 2.24) is 4.90 Å². The summed E-state index contributed by atoms with van der Waals surface area (Å²) in [5.74, 6) is -0.925. The van der Waals surface area contributed by atoms with Gasteiger partial charge in [-0.15, -0.1) is 0 Å². The molecule has 0 saturated heterocycles. The molecule has 5 nitrogen and oxygen atoms in total. The van der Waals surface area contributed by atoms with Crippen LogP contribution in [0.3, 0.4) is 0 Å². The third-order valence-electron chi connectivity index (χ3n) is 2.56. The van der Waals surface area contributed by atoms with Crippen LogP contribution < -0.4 is 5.73 Å². The molecule has 0 bridgehead atoms. The maximum atomic E-state index is 11.3. The summed E-state index contributed by atoms with van der Waals surface area (Å²) in [6.45, 7) is 2.85. The van der Waals surface area contributed by atoms with Crippen LogP contribution in [0.5, 0.6) is 0 Å². The van der Waals surface area contributed by atoms with Crippen molar-refractivity contribution in [3.8, 4) is 0 Å². The first-order valence-corrected chi connectivity index (χ1v) is 5.01. The molecule has 0 aromatic carbocycles. The second-order valence-electron chi connectivity index (χ2n) is 3.54. The molecule has 5 heteroatoms. The average Bonchev–Trinajstić information content (AvgIpc) is 2.27. The number of aliphatic carboxylic acids is 1. The number of amides is 1. The van der Waals surface area contributed by atoms with Gasteiger partial charge in [-0.2, -0.15) is 0 Å². The summed E-state index contributed by atoms with van der Waals surface area (Å²) in [4.78, 5) is 23.7. The number of carbonyl (C=O) groups is 2. The minimum Gasteiger partial charge on any atom is -0.480 e. The van der Waals surface area contributed by atoms with Gasteiger partial charge in [-0.3, -0.25) is 9.59 Å². The molecule has 3 N–H and O–H groups in total. The molecular formula is C10H16N2O3. The molecule has 1 amide bonds. The number of carboxylic acid groups (broad SMARTS) is 1. The molecule has 1 heterocycles. The van der Waals surface area contributed by atoms with Crippen LogP contribution in [-0.4, -0.2) is 41.0 Å². The number of hydrogen-bond donors (Lipinski definition) is 2. The van der Waals surface area contributed by atoms with E-state index >= 15 is 0 Å². The van der Waals surface area contributed by atoms with Crippen LogP contribution in [0.1, 0.15) is 19.8 Å². The maximum Gasteiger partial charge on any atom is 0.324 e. The summed E-state index contributed by atoms with van der Waals surface area (Å²) in [5, 5.41) is 8.71. The van der Waals surface area contributed by atoms with Gasteiger partial charge in [0.2, 0.25) is 5.91 Å². The molecule has 1 atom stereocenters. The van der Waals surface area contributed by atoms with Crippen LogP contribution in [0.2, 0.25) is 0 Å². The number of carbonyl (C=O) groups excluding carboxylic acids is 1. The monoisotopic (exact) mass is 212 g/mol. The summed E-state index contributed by atoms with van der Waals surface area (Å²) in [6, 6.07) is -0.927. The van der Waals surface area contributed by atoms with Gasteiger partial charge in [0.05, 0.1) is 0 Å². The summed E-state index contributed by atoms with van der Waals surface area (Å²) in [6.07, 6.45) is 2.78. The normalized spacial score (nSPS) is 18.3. The molecule has 0 fully saturated rings. The molecule has 1 aliphatic heterocycles. The van der Waals surface area contributed by atoms with Gasteiger partial charge in [0, 0.05) is 19.5 Å². The van der Waals surface area contributed by atoms with Crippen LogP contribution in [0.4, 0.5) is 0 Å². The van der Waals surface area contributed by atoms with Gasteiger partial charge in [0.25, 0.3) is 0 Å². The van der Waals surface area contributed by atoms with Gasteiger partial charge in [-0.05, 0) is 12.0 Å². The average molecular weight is 212 g/mol. The van der Waals surface area contributed by atoms with E-state index in [2.05, 4.69) is 0 Å².